The summed E-state index contributed by atoms with van der Waals surface area (Å²) in [4.78, 5) is 28.9. The van der Waals surface area contributed by atoms with Gasteiger partial charge in [-0.1, -0.05) is 12.1 Å². The number of carbonyl (C=O) groups is 2. The second-order valence-electron chi connectivity index (χ2n) is 7.90. The number of benzene rings is 1. The topological polar surface area (TPSA) is 71.1 Å². The molecule has 2 fully saturated rings. The Balaban J connectivity index is 1.36. The van der Waals surface area contributed by atoms with Crippen molar-refractivity contribution in [2.45, 2.75) is 32.2 Å². The van der Waals surface area contributed by atoms with Crippen molar-refractivity contribution >= 4 is 11.8 Å². The Morgan fingerprint density at radius 1 is 1.24 bits per heavy atom. The summed E-state index contributed by atoms with van der Waals surface area (Å²) in [6, 6.07) is 7.73. The lowest BCUT2D eigenvalue weighted by molar-refractivity contribution is -0.137. The van der Waals surface area contributed by atoms with Gasteiger partial charge >= 0.3 is 0 Å². The minimum absolute atomic E-state index is 0.0781. The van der Waals surface area contributed by atoms with Gasteiger partial charge in [-0.25, -0.2) is 0 Å². The van der Waals surface area contributed by atoms with E-state index < -0.39 is 0 Å². The largest absolute Gasteiger partial charge is 0.497 e. The molecule has 0 radical (unpaired) electrons. The van der Waals surface area contributed by atoms with Crippen LogP contribution >= 0.6 is 0 Å². The van der Waals surface area contributed by atoms with Gasteiger partial charge in [0.15, 0.2) is 0 Å². The molecule has 1 atom stereocenters. The van der Waals surface area contributed by atoms with Crippen LogP contribution in [0, 0.1) is 5.92 Å². The van der Waals surface area contributed by atoms with E-state index in [1.54, 1.807) is 7.11 Å². The maximum Gasteiger partial charge on any atom is 0.236 e. The van der Waals surface area contributed by atoms with E-state index in [9.17, 15) is 9.59 Å². The van der Waals surface area contributed by atoms with Crippen LogP contribution in [0.25, 0.3) is 0 Å². The molecule has 2 aliphatic rings. The monoisotopic (exact) mass is 403 g/mol. The average Bonchev–Trinajstić information content (AvgIpc) is 2.77. The molecular formula is C22H33N3O4. The highest BCUT2D eigenvalue weighted by atomic mass is 16.5. The standard InChI is InChI=1S/C22H33N3O4/c1-28-20-6-2-4-19(14-20)15-23-21(26)8-7-18-5-3-9-24(16-18)17-22(27)25-10-12-29-13-11-25/h2,4,6,14,18H,3,5,7-13,15-17H2,1H3,(H,23,26). The number of carbonyl (C=O) groups excluding carboxylic acids is 2. The molecule has 2 saturated heterocycles. The number of amides is 2. The lowest BCUT2D eigenvalue weighted by Crippen LogP contribution is -2.47. The number of piperidine rings is 1. The summed E-state index contributed by atoms with van der Waals surface area (Å²) in [5.41, 5.74) is 1.03. The van der Waals surface area contributed by atoms with Gasteiger partial charge in [0.05, 0.1) is 26.9 Å². The van der Waals surface area contributed by atoms with Gasteiger partial charge in [0, 0.05) is 32.6 Å². The number of hydrogen-bond acceptors (Lipinski definition) is 5. The Bertz CT molecular complexity index is 676. The lowest BCUT2D eigenvalue weighted by atomic mass is 9.93. The zero-order valence-electron chi connectivity index (χ0n) is 17.4. The number of hydrogen-bond donors (Lipinski definition) is 1. The molecule has 29 heavy (non-hydrogen) atoms. The predicted octanol–water partition coefficient (Wildman–Crippen LogP) is 1.66. The van der Waals surface area contributed by atoms with Crippen LogP contribution in [0.5, 0.6) is 5.75 Å². The zero-order valence-corrected chi connectivity index (χ0v) is 17.4. The number of methoxy groups -OCH3 is 1. The Morgan fingerprint density at radius 2 is 2.07 bits per heavy atom. The third-order valence-corrected chi connectivity index (χ3v) is 5.73. The van der Waals surface area contributed by atoms with Gasteiger partial charge < -0.3 is 19.7 Å². The number of nitrogens with one attached hydrogen (secondary N) is 1. The van der Waals surface area contributed by atoms with Crippen molar-refractivity contribution in [1.29, 1.82) is 0 Å². The van der Waals surface area contributed by atoms with E-state index in [0.717, 1.165) is 43.7 Å². The number of ether oxygens (including phenoxy) is 2. The molecule has 0 aliphatic carbocycles. The van der Waals surface area contributed by atoms with Crippen LogP contribution in [0.3, 0.4) is 0 Å². The fourth-order valence-corrected chi connectivity index (χ4v) is 4.04. The van der Waals surface area contributed by atoms with Crippen molar-refractivity contribution in [1.82, 2.24) is 15.1 Å². The molecule has 3 rings (SSSR count). The summed E-state index contributed by atoms with van der Waals surface area (Å²) < 4.78 is 10.5. The number of morpholine rings is 1. The number of nitrogens with zero attached hydrogens (tertiary/aromatic N) is 2. The van der Waals surface area contributed by atoms with Gasteiger partial charge in [-0.15, -0.1) is 0 Å². The molecule has 0 spiro atoms. The van der Waals surface area contributed by atoms with E-state index in [-0.39, 0.29) is 11.8 Å². The number of likely N-dealkylation sites (tertiary alicyclic amines) is 1. The van der Waals surface area contributed by atoms with E-state index in [0.29, 0.717) is 51.7 Å². The van der Waals surface area contributed by atoms with E-state index in [1.165, 1.54) is 0 Å². The second kappa shape index (κ2) is 11.2. The Hall–Kier alpha value is -2.12. The lowest BCUT2D eigenvalue weighted by Gasteiger charge is -2.34. The van der Waals surface area contributed by atoms with Crippen LogP contribution in [-0.2, 0) is 20.9 Å². The predicted molar refractivity (Wildman–Crippen MR) is 111 cm³/mol. The molecule has 0 bridgehead atoms. The minimum Gasteiger partial charge on any atom is -0.497 e. The summed E-state index contributed by atoms with van der Waals surface area (Å²) in [6.45, 7) is 5.54. The van der Waals surface area contributed by atoms with Gasteiger partial charge in [0.25, 0.3) is 0 Å². The van der Waals surface area contributed by atoms with Crippen LogP contribution in [0.4, 0.5) is 0 Å². The van der Waals surface area contributed by atoms with Crippen LogP contribution in [-0.4, -0.2) is 74.7 Å². The summed E-state index contributed by atoms with van der Waals surface area (Å²) in [6.07, 6.45) is 3.62. The summed E-state index contributed by atoms with van der Waals surface area (Å²) in [5, 5.41) is 3.00. The quantitative estimate of drug-likeness (QED) is 0.715. The first kappa shape index (κ1) is 21.6. The van der Waals surface area contributed by atoms with Gasteiger partial charge in [0.2, 0.25) is 11.8 Å². The van der Waals surface area contributed by atoms with Crippen LogP contribution < -0.4 is 10.1 Å². The molecule has 160 valence electrons. The van der Waals surface area contributed by atoms with Gasteiger partial charge in [-0.3, -0.25) is 14.5 Å². The molecule has 1 unspecified atom stereocenters. The van der Waals surface area contributed by atoms with Crippen LogP contribution in [0.15, 0.2) is 24.3 Å². The first-order chi connectivity index (χ1) is 14.1. The van der Waals surface area contributed by atoms with Gasteiger partial charge in [-0.05, 0) is 49.4 Å². The highest BCUT2D eigenvalue weighted by Gasteiger charge is 2.24. The summed E-state index contributed by atoms with van der Waals surface area (Å²) in [7, 11) is 1.64. The molecule has 1 aromatic rings. The summed E-state index contributed by atoms with van der Waals surface area (Å²) >= 11 is 0. The third-order valence-electron chi connectivity index (χ3n) is 5.73. The number of rotatable bonds is 8. The van der Waals surface area contributed by atoms with Crippen molar-refractivity contribution in [3.63, 3.8) is 0 Å². The van der Waals surface area contributed by atoms with Crippen molar-refractivity contribution in [3.05, 3.63) is 29.8 Å². The molecule has 0 aromatic heterocycles. The molecule has 2 amide bonds. The molecule has 1 aromatic carbocycles. The molecule has 2 heterocycles. The molecule has 2 aliphatic heterocycles. The maximum absolute atomic E-state index is 12.5. The molecule has 7 heteroatoms. The molecule has 7 nitrogen and oxygen atoms in total. The Labute approximate surface area is 173 Å². The highest BCUT2D eigenvalue weighted by molar-refractivity contribution is 5.78. The Kier molecular flexibility index (Phi) is 8.31. The SMILES string of the molecule is COc1cccc(CNC(=O)CCC2CCCN(CC(=O)N3CCOCC3)C2)c1. The maximum atomic E-state index is 12.5. The third kappa shape index (κ3) is 7.01. The first-order valence-electron chi connectivity index (χ1n) is 10.6. The van der Waals surface area contributed by atoms with E-state index in [2.05, 4.69) is 10.2 Å². The highest BCUT2D eigenvalue weighted by Crippen LogP contribution is 2.21. The average molecular weight is 404 g/mol. The van der Waals surface area contributed by atoms with Crippen molar-refractivity contribution < 1.29 is 19.1 Å². The fraction of sp³-hybridized carbons (Fsp3) is 0.636. The van der Waals surface area contributed by atoms with Crippen molar-refractivity contribution in [2.24, 2.45) is 5.92 Å². The normalized spacial score (nSPS) is 20.3. The van der Waals surface area contributed by atoms with Crippen molar-refractivity contribution in [3.8, 4) is 5.75 Å². The van der Waals surface area contributed by atoms with Gasteiger partial charge in [-0.2, -0.15) is 0 Å². The summed E-state index contributed by atoms with van der Waals surface area (Å²) in [5.74, 6) is 1.55. The zero-order chi connectivity index (χ0) is 20.5. The fourth-order valence-electron chi connectivity index (χ4n) is 4.04. The van der Waals surface area contributed by atoms with E-state index in [4.69, 9.17) is 9.47 Å². The van der Waals surface area contributed by atoms with E-state index >= 15 is 0 Å². The molecule has 1 N–H and O–H groups in total. The van der Waals surface area contributed by atoms with Crippen LogP contribution in [0.2, 0.25) is 0 Å². The smallest absolute Gasteiger partial charge is 0.236 e. The Morgan fingerprint density at radius 3 is 2.86 bits per heavy atom. The molecule has 0 saturated carbocycles. The second-order valence-corrected chi connectivity index (χ2v) is 7.90. The van der Waals surface area contributed by atoms with E-state index in [1.807, 2.05) is 29.2 Å². The molecular weight excluding hydrogens is 370 g/mol. The van der Waals surface area contributed by atoms with Crippen LogP contribution in [0.1, 0.15) is 31.2 Å². The van der Waals surface area contributed by atoms with Crippen molar-refractivity contribution in [2.75, 3.05) is 53.0 Å². The minimum atomic E-state index is 0.0781. The van der Waals surface area contributed by atoms with Gasteiger partial charge in [0.1, 0.15) is 5.75 Å². The first-order valence-corrected chi connectivity index (χ1v) is 10.6.